The summed E-state index contributed by atoms with van der Waals surface area (Å²) in [6.45, 7) is 4.38. The van der Waals surface area contributed by atoms with Crippen molar-refractivity contribution < 1.29 is 0 Å². The molecule has 0 bridgehead atoms. The third-order valence-corrected chi connectivity index (χ3v) is 6.42. The second kappa shape index (κ2) is 7.80. The summed E-state index contributed by atoms with van der Waals surface area (Å²) >= 11 is 0. The number of hydrogen-bond acceptors (Lipinski definition) is 7. The first-order valence-corrected chi connectivity index (χ1v) is 11.2. The number of anilines is 1. The van der Waals surface area contributed by atoms with Crippen LogP contribution in [-0.4, -0.2) is 52.4 Å². The molecule has 1 saturated heterocycles. The maximum Gasteiger partial charge on any atom is 0.326 e. The van der Waals surface area contributed by atoms with Gasteiger partial charge in [0.05, 0.1) is 23.4 Å². The molecule has 0 saturated carbocycles. The number of benzene rings is 1. The summed E-state index contributed by atoms with van der Waals surface area (Å²) in [5, 5.41) is 7.87. The lowest BCUT2D eigenvalue weighted by Crippen LogP contribution is -2.37. The highest BCUT2D eigenvalue weighted by atomic mass is 16.1. The number of nitrogens with one attached hydrogen (secondary N) is 1. The molecule has 1 N–H and O–H groups in total. The summed E-state index contributed by atoms with van der Waals surface area (Å²) in [6, 6.07) is 9.91. The highest BCUT2D eigenvalue weighted by molar-refractivity contribution is 5.87. The summed E-state index contributed by atoms with van der Waals surface area (Å²) in [4.78, 5) is 31.9. The normalized spacial score (nSPS) is 15.0. The number of para-hydroxylation sites is 2. The molecule has 0 unspecified atom stereocenters. The van der Waals surface area contributed by atoms with E-state index in [1.807, 2.05) is 34.9 Å². The molecule has 33 heavy (non-hydrogen) atoms. The van der Waals surface area contributed by atoms with Crippen LogP contribution in [-0.2, 0) is 6.54 Å². The number of imidazole rings is 2. The van der Waals surface area contributed by atoms with E-state index in [-0.39, 0.29) is 11.7 Å². The summed E-state index contributed by atoms with van der Waals surface area (Å²) in [5.41, 5.74) is 4.29. The zero-order valence-electron chi connectivity index (χ0n) is 18.2. The van der Waals surface area contributed by atoms with Gasteiger partial charge >= 0.3 is 5.69 Å². The number of rotatable bonds is 4. The molecule has 1 aliphatic rings. The lowest BCUT2D eigenvalue weighted by Gasteiger charge is -2.33. The van der Waals surface area contributed by atoms with E-state index in [2.05, 4.69) is 41.5 Å². The molecular formula is C23H23N9O. The molecule has 0 atom stereocenters. The first-order chi connectivity index (χ1) is 16.2. The second-order valence-electron chi connectivity index (χ2n) is 8.22. The predicted octanol–water partition coefficient (Wildman–Crippen LogP) is 2.79. The number of hydrogen-bond donors (Lipinski definition) is 1. The topological polar surface area (TPSA) is 110 Å². The zero-order valence-corrected chi connectivity index (χ0v) is 18.2. The van der Waals surface area contributed by atoms with Crippen LogP contribution >= 0.6 is 0 Å². The van der Waals surface area contributed by atoms with E-state index in [0.717, 1.165) is 71.9 Å². The van der Waals surface area contributed by atoms with Crippen LogP contribution in [0.1, 0.15) is 25.8 Å². The minimum atomic E-state index is -0.0450. The van der Waals surface area contributed by atoms with Crippen LogP contribution in [0.4, 0.5) is 5.82 Å². The number of aryl methyl sites for hydroxylation is 1. The number of H-pyrrole nitrogens is 1. The molecular weight excluding hydrogens is 418 g/mol. The van der Waals surface area contributed by atoms with Gasteiger partial charge in [-0.25, -0.2) is 19.7 Å². The zero-order chi connectivity index (χ0) is 22.4. The maximum atomic E-state index is 12.6. The van der Waals surface area contributed by atoms with E-state index in [0.29, 0.717) is 0 Å². The lowest BCUT2D eigenvalue weighted by molar-refractivity contribution is 0.395. The molecule has 0 amide bonds. The fourth-order valence-electron chi connectivity index (χ4n) is 4.87. The van der Waals surface area contributed by atoms with Crippen molar-refractivity contribution in [3.63, 3.8) is 0 Å². The molecule has 10 heteroatoms. The Labute approximate surface area is 189 Å². The van der Waals surface area contributed by atoms with Crippen LogP contribution in [0.15, 0.2) is 53.8 Å². The number of piperidine rings is 1. The molecule has 5 aromatic rings. The Bertz CT molecular complexity index is 1490. The molecule has 0 radical (unpaired) electrons. The smallest absolute Gasteiger partial charge is 0.326 e. The van der Waals surface area contributed by atoms with Gasteiger partial charge in [0.15, 0.2) is 17.0 Å². The maximum absolute atomic E-state index is 12.6. The van der Waals surface area contributed by atoms with E-state index in [1.165, 1.54) is 0 Å². The minimum absolute atomic E-state index is 0.0450. The first kappa shape index (κ1) is 19.6. The molecule has 4 aromatic heterocycles. The number of nitrogens with zero attached hydrogens (tertiary/aromatic N) is 8. The second-order valence-corrected chi connectivity index (χ2v) is 8.22. The summed E-state index contributed by atoms with van der Waals surface area (Å²) in [5.74, 6) is 1.64. The van der Waals surface area contributed by atoms with E-state index in [9.17, 15) is 4.79 Å². The van der Waals surface area contributed by atoms with E-state index in [1.54, 1.807) is 18.7 Å². The van der Waals surface area contributed by atoms with Gasteiger partial charge in [-0.15, -0.1) is 0 Å². The predicted molar refractivity (Wildman–Crippen MR) is 125 cm³/mol. The fourth-order valence-corrected chi connectivity index (χ4v) is 4.87. The SMILES string of the molecule is CCn1c(-c2ccnnc2)nc2c(N3CCC(n4c(=O)[nH]c5ccccc54)CC3)ncnc21. The van der Waals surface area contributed by atoms with Gasteiger partial charge in [-0.05, 0) is 38.0 Å². The van der Waals surface area contributed by atoms with Gasteiger partial charge in [-0.3, -0.25) is 4.57 Å². The third kappa shape index (κ3) is 3.17. The average molecular weight is 441 g/mol. The van der Waals surface area contributed by atoms with E-state index in [4.69, 9.17) is 4.98 Å². The highest BCUT2D eigenvalue weighted by Gasteiger charge is 2.27. The van der Waals surface area contributed by atoms with Crippen molar-refractivity contribution in [3.8, 4) is 11.4 Å². The summed E-state index contributed by atoms with van der Waals surface area (Å²) in [7, 11) is 0. The molecule has 5 heterocycles. The third-order valence-electron chi connectivity index (χ3n) is 6.42. The van der Waals surface area contributed by atoms with Crippen molar-refractivity contribution in [3.05, 3.63) is 59.5 Å². The van der Waals surface area contributed by atoms with Crippen molar-refractivity contribution >= 4 is 28.0 Å². The molecule has 0 spiro atoms. The number of aromatic nitrogens is 8. The Morgan fingerprint density at radius 1 is 1.09 bits per heavy atom. The van der Waals surface area contributed by atoms with Crippen molar-refractivity contribution in [1.82, 2.24) is 39.3 Å². The molecule has 0 aliphatic carbocycles. The van der Waals surface area contributed by atoms with Crippen LogP contribution < -0.4 is 10.6 Å². The highest BCUT2D eigenvalue weighted by Crippen LogP contribution is 2.32. The average Bonchev–Trinajstić information content (AvgIpc) is 3.41. The van der Waals surface area contributed by atoms with Gasteiger partial charge in [-0.1, -0.05) is 12.1 Å². The van der Waals surface area contributed by atoms with Gasteiger partial charge in [0.1, 0.15) is 12.2 Å². The van der Waals surface area contributed by atoms with E-state index >= 15 is 0 Å². The van der Waals surface area contributed by atoms with Crippen LogP contribution in [0.2, 0.25) is 0 Å². The first-order valence-electron chi connectivity index (χ1n) is 11.2. The van der Waals surface area contributed by atoms with Crippen LogP contribution in [0.5, 0.6) is 0 Å². The Kier molecular flexibility index (Phi) is 4.63. The number of fused-ring (bicyclic) bond motifs is 2. The molecule has 10 nitrogen and oxygen atoms in total. The standard InChI is InChI=1S/C23H23N9O/c1-2-31-20(15-7-10-26-27-13-15)29-19-21(24-14-25-22(19)31)30-11-8-16(9-12-30)32-18-6-4-3-5-17(18)28-23(32)33/h3-7,10,13-14,16H,2,8-9,11-12H2,1H3,(H,28,33). The largest absolute Gasteiger partial charge is 0.355 e. The Morgan fingerprint density at radius 3 is 2.73 bits per heavy atom. The van der Waals surface area contributed by atoms with Gasteiger partial charge in [-0.2, -0.15) is 10.2 Å². The molecule has 166 valence electrons. The number of aromatic amines is 1. The van der Waals surface area contributed by atoms with Gasteiger partial charge in [0.25, 0.3) is 0 Å². The Hall–Kier alpha value is -4.08. The minimum Gasteiger partial charge on any atom is -0.355 e. The molecule has 1 fully saturated rings. The summed E-state index contributed by atoms with van der Waals surface area (Å²) < 4.78 is 3.98. The van der Waals surface area contributed by atoms with Gasteiger partial charge in [0, 0.05) is 31.2 Å². The molecule has 6 rings (SSSR count). The molecule has 1 aliphatic heterocycles. The van der Waals surface area contributed by atoms with Crippen molar-refractivity contribution in [1.29, 1.82) is 0 Å². The van der Waals surface area contributed by atoms with E-state index < -0.39 is 0 Å². The quantitative estimate of drug-likeness (QED) is 0.457. The van der Waals surface area contributed by atoms with Crippen LogP contribution in [0, 0.1) is 0 Å². The summed E-state index contributed by atoms with van der Waals surface area (Å²) in [6.07, 6.45) is 6.69. The monoisotopic (exact) mass is 441 g/mol. The van der Waals surface area contributed by atoms with Gasteiger partial charge in [0.2, 0.25) is 0 Å². The fraction of sp³-hybridized carbons (Fsp3) is 0.304. The van der Waals surface area contributed by atoms with Crippen molar-refractivity contribution in [2.75, 3.05) is 18.0 Å². The molecule has 1 aromatic carbocycles. The van der Waals surface area contributed by atoms with Crippen molar-refractivity contribution in [2.45, 2.75) is 32.4 Å². The Balaban J connectivity index is 1.33. The van der Waals surface area contributed by atoms with Crippen LogP contribution in [0.25, 0.3) is 33.6 Å². The lowest BCUT2D eigenvalue weighted by atomic mass is 10.0. The van der Waals surface area contributed by atoms with Crippen molar-refractivity contribution in [2.24, 2.45) is 0 Å². The van der Waals surface area contributed by atoms with Crippen LogP contribution in [0.3, 0.4) is 0 Å². The van der Waals surface area contributed by atoms with Gasteiger partial charge < -0.3 is 14.5 Å². The Morgan fingerprint density at radius 2 is 1.94 bits per heavy atom.